The Balaban J connectivity index is 2.27. The monoisotopic (exact) mass is 370 g/mol. The van der Waals surface area contributed by atoms with E-state index >= 15 is 0 Å². The molecule has 0 aliphatic carbocycles. The van der Waals surface area contributed by atoms with Crippen LogP contribution in [0.15, 0.2) is 24.3 Å². The normalized spacial score (nSPS) is 11.0. The molecule has 25 heavy (non-hydrogen) atoms. The number of carbonyl (C=O) groups excluding carboxylic acids is 1. The van der Waals surface area contributed by atoms with Gasteiger partial charge < -0.3 is 11.5 Å². The maximum atomic E-state index is 12.8. The van der Waals surface area contributed by atoms with Crippen LogP contribution in [0.2, 0.25) is 5.02 Å². The van der Waals surface area contributed by atoms with E-state index in [2.05, 4.69) is 11.1 Å². The highest BCUT2D eigenvalue weighted by Crippen LogP contribution is 2.41. The molecule has 126 valence electrons. The highest BCUT2D eigenvalue weighted by molar-refractivity contribution is 7.21. The van der Waals surface area contributed by atoms with E-state index in [1.807, 2.05) is 13.8 Å². The first-order valence-corrected chi connectivity index (χ1v) is 8.76. The Kier molecular flexibility index (Phi) is 4.38. The number of anilines is 2. The number of aromatic nitrogens is 1. The van der Waals surface area contributed by atoms with E-state index in [4.69, 9.17) is 23.1 Å². The quantitative estimate of drug-likeness (QED) is 0.667. The molecule has 3 rings (SSSR count). The molecule has 2 heterocycles. The third-order valence-electron chi connectivity index (χ3n) is 3.95. The largest absolute Gasteiger partial charge is 0.397 e. The molecular formula is C18H15ClN4OS. The number of nitriles is 1. The van der Waals surface area contributed by atoms with Gasteiger partial charge in [0.05, 0.1) is 11.3 Å². The number of hydrogen-bond donors (Lipinski definition) is 2. The number of hydrogen-bond acceptors (Lipinski definition) is 6. The lowest BCUT2D eigenvalue weighted by molar-refractivity contribution is 0.104. The fourth-order valence-electron chi connectivity index (χ4n) is 2.79. The molecule has 0 saturated heterocycles. The summed E-state index contributed by atoms with van der Waals surface area (Å²) in [6.07, 6.45) is 0. The molecule has 1 aromatic carbocycles. The molecular weight excluding hydrogens is 356 g/mol. The number of nitrogens with zero attached hydrogens (tertiary/aromatic N) is 2. The first-order valence-electron chi connectivity index (χ1n) is 7.56. The standard InChI is InChI=1S/C18H15ClN4OS/c1-8(2)12-11(7-20)17(22)23-18-13(12)14(21)16(25-18)15(24)9-3-5-10(19)6-4-9/h3-6,8H,21H2,1-2H3,(H2,22,23). The Morgan fingerprint density at radius 3 is 2.48 bits per heavy atom. The number of carbonyl (C=O) groups is 1. The number of halogens is 1. The Hall–Kier alpha value is -2.62. The summed E-state index contributed by atoms with van der Waals surface area (Å²) < 4.78 is 0. The molecule has 7 heteroatoms. The zero-order valence-electron chi connectivity index (χ0n) is 13.6. The maximum absolute atomic E-state index is 12.8. The van der Waals surface area contributed by atoms with Gasteiger partial charge in [-0.15, -0.1) is 11.3 Å². The van der Waals surface area contributed by atoms with Gasteiger partial charge in [0.1, 0.15) is 21.6 Å². The summed E-state index contributed by atoms with van der Waals surface area (Å²) in [5.41, 5.74) is 14.1. The van der Waals surface area contributed by atoms with E-state index < -0.39 is 0 Å². The van der Waals surface area contributed by atoms with Crippen LogP contribution in [0.5, 0.6) is 0 Å². The highest BCUT2D eigenvalue weighted by atomic mass is 35.5. The van der Waals surface area contributed by atoms with Crippen molar-refractivity contribution in [2.45, 2.75) is 19.8 Å². The first-order chi connectivity index (χ1) is 11.8. The van der Waals surface area contributed by atoms with Crippen LogP contribution in [0.1, 0.15) is 46.1 Å². The molecule has 2 aromatic heterocycles. The number of nitrogen functional groups attached to an aromatic ring is 2. The second kappa shape index (κ2) is 6.36. The third kappa shape index (κ3) is 2.82. The number of pyridine rings is 1. The van der Waals surface area contributed by atoms with Crippen molar-refractivity contribution in [3.05, 3.63) is 50.9 Å². The van der Waals surface area contributed by atoms with Crippen molar-refractivity contribution < 1.29 is 4.79 Å². The van der Waals surface area contributed by atoms with Crippen LogP contribution in [-0.2, 0) is 0 Å². The van der Waals surface area contributed by atoms with Crippen molar-refractivity contribution >= 4 is 50.4 Å². The second-order valence-corrected chi connectivity index (χ2v) is 7.35. The summed E-state index contributed by atoms with van der Waals surface area (Å²) in [6, 6.07) is 8.72. The molecule has 0 bridgehead atoms. The van der Waals surface area contributed by atoms with Crippen LogP contribution in [-0.4, -0.2) is 10.8 Å². The zero-order chi connectivity index (χ0) is 18.3. The van der Waals surface area contributed by atoms with Crippen molar-refractivity contribution in [3.8, 4) is 6.07 Å². The van der Waals surface area contributed by atoms with E-state index in [0.717, 1.165) is 5.56 Å². The molecule has 4 N–H and O–H groups in total. The minimum absolute atomic E-state index is 0.0119. The van der Waals surface area contributed by atoms with Crippen molar-refractivity contribution in [2.75, 3.05) is 11.5 Å². The van der Waals surface area contributed by atoms with Gasteiger partial charge in [-0.25, -0.2) is 4.98 Å². The van der Waals surface area contributed by atoms with Gasteiger partial charge in [0.2, 0.25) is 5.78 Å². The van der Waals surface area contributed by atoms with Crippen LogP contribution in [0.3, 0.4) is 0 Å². The molecule has 0 spiro atoms. The number of rotatable bonds is 3. The lowest BCUT2D eigenvalue weighted by Crippen LogP contribution is -2.04. The average molecular weight is 371 g/mol. The summed E-state index contributed by atoms with van der Waals surface area (Å²) in [6.45, 7) is 3.90. The molecule has 0 unspecified atom stereocenters. The van der Waals surface area contributed by atoms with Crippen molar-refractivity contribution in [1.82, 2.24) is 4.98 Å². The minimum Gasteiger partial charge on any atom is -0.397 e. The molecule has 5 nitrogen and oxygen atoms in total. The number of ketones is 1. The van der Waals surface area contributed by atoms with Crippen LogP contribution in [0.4, 0.5) is 11.5 Å². The molecule has 0 fully saturated rings. The summed E-state index contributed by atoms with van der Waals surface area (Å²) in [5.74, 6) is -0.0350. The fraction of sp³-hybridized carbons (Fsp3) is 0.167. The van der Waals surface area contributed by atoms with Crippen LogP contribution in [0.25, 0.3) is 10.2 Å². The summed E-state index contributed by atoms with van der Waals surface area (Å²) >= 11 is 7.06. The highest BCUT2D eigenvalue weighted by Gasteiger charge is 2.25. The SMILES string of the molecule is CC(C)c1c(C#N)c(N)nc2sc(C(=O)c3ccc(Cl)cc3)c(N)c12. The Morgan fingerprint density at radius 2 is 1.92 bits per heavy atom. The van der Waals surface area contributed by atoms with Gasteiger partial charge in [0.25, 0.3) is 0 Å². The Labute approximate surface area is 153 Å². The number of thiophene rings is 1. The fourth-order valence-corrected chi connectivity index (χ4v) is 4.00. The average Bonchev–Trinajstić information content (AvgIpc) is 2.89. The molecule has 0 amide bonds. The molecule has 3 aromatic rings. The Morgan fingerprint density at radius 1 is 1.28 bits per heavy atom. The molecule has 0 atom stereocenters. The third-order valence-corrected chi connectivity index (χ3v) is 5.30. The van der Waals surface area contributed by atoms with Crippen molar-refractivity contribution in [1.29, 1.82) is 5.26 Å². The Bertz CT molecular complexity index is 1030. The zero-order valence-corrected chi connectivity index (χ0v) is 15.2. The minimum atomic E-state index is -0.205. The van der Waals surface area contributed by atoms with E-state index in [-0.39, 0.29) is 17.5 Å². The van der Waals surface area contributed by atoms with E-state index in [0.29, 0.717) is 36.9 Å². The summed E-state index contributed by atoms with van der Waals surface area (Å²) in [4.78, 5) is 18.1. The molecule has 0 saturated carbocycles. The first kappa shape index (κ1) is 17.2. The van der Waals surface area contributed by atoms with Gasteiger partial charge in [-0.2, -0.15) is 5.26 Å². The van der Waals surface area contributed by atoms with Gasteiger partial charge in [0, 0.05) is 16.0 Å². The van der Waals surface area contributed by atoms with Gasteiger partial charge in [-0.3, -0.25) is 4.79 Å². The predicted molar refractivity (Wildman–Crippen MR) is 102 cm³/mol. The van der Waals surface area contributed by atoms with Gasteiger partial charge in [-0.1, -0.05) is 25.4 Å². The van der Waals surface area contributed by atoms with Gasteiger partial charge in [-0.05, 0) is 35.7 Å². The van der Waals surface area contributed by atoms with E-state index in [1.165, 1.54) is 11.3 Å². The lowest BCUT2D eigenvalue weighted by Gasteiger charge is -2.12. The van der Waals surface area contributed by atoms with E-state index in [9.17, 15) is 10.1 Å². The van der Waals surface area contributed by atoms with Crippen LogP contribution >= 0.6 is 22.9 Å². The van der Waals surface area contributed by atoms with Crippen molar-refractivity contribution in [3.63, 3.8) is 0 Å². The van der Waals surface area contributed by atoms with Gasteiger partial charge in [0.15, 0.2) is 0 Å². The molecule has 0 radical (unpaired) electrons. The van der Waals surface area contributed by atoms with Crippen LogP contribution in [0, 0.1) is 11.3 Å². The number of nitrogens with two attached hydrogens (primary N) is 2. The topological polar surface area (TPSA) is 106 Å². The number of benzene rings is 1. The second-order valence-electron chi connectivity index (χ2n) is 5.91. The predicted octanol–water partition coefficient (Wildman–Crippen LogP) is 4.34. The summed E-state index contributed by atoms with van der Waals surface area (Å²) in [7, 11) is 0. The molecule has 0 aliphatic rings. The summed E-state index contributed by atoms with van der Waals surface area (Å²) in [5, 5.41) is 10.6. The van der Waals surface area contributed by atoms with Crippen molar-refractivity contribution in [2.24, 2.45) is 0 Å². The van der Waals surface area contributed by atoms with Gasteiger partial charge >= 0.3 is 0 Å². The van der Waals surface area contributed by atoms with E-state index in [1.54, 1.807) is 24.3 Å². The smallest absolute Gasteiger partial charge is 0.205 e. The molecule has 0 aliphatic heterocycles. The number of fused-ring (bicyclic) bond motifs is 1. The van der Waals surface area contributed by atoms with Crippen LogP contribution < -0.4 is 11.5 Å². The maximum Gasteiger partial charge on any atom is 0.205 e. The lowest BCUT2D eigenvalue weighted by atomic mass is 9.94.